The van der Waals surface area contributed by atoms with Crippen LogP contribution in [0.5, 0.6) is 0 Å². The molecule has 0 aromatic heterocycles. The molecule has 0 heterocycles. The summed E-state index contributed by atoms with van der Waals surface area (Å²) in [5.74, 6) is -2.44. The summed E-state index contributed by atoms with van der Waals surface area (Å²) < 4.78 is 13.8. The van der Waals surface area contributed by atoms with E-state index in [2.05, 4.69) is 6.58 Å². The quantitative estimate of drug-likeness (QED) is 0.829. The van der Waals surface area contributed by atoms with Gasteiger partial charge in [0.05, 0.1) is 11.1 Å². The number of carboxylic acid groups (broad SMARTS) is 1. The van der Waals surface area contributed by atoms with Crippen LogP contribution in [0.2, 0.25) is 0 Å². The molecule has 0 radical (unpaired) electrons. The van der Waals surface area contributed by atoms with E-state index in [0.717, 1.165) is 18.9 Å². The molecular formula is C14H14FNO3. The number of carboxylic acids is 1. The summed E-state index contributed by atoms with van der Waals surface area (Å²) in [6.45, 7) is 3.95. The van der Waals surface area contributed by atoms with Crippen LogP contribution >= 0.6 is 0 Å². The Balaban J connectivity index is 2.27. The lowest BCUT2D eigenvalue weighted by molar-refractivity contribution is 0.0692. The molecule has 1 aromatic rings. The van der Waals surface area contributed by atoms with Crippen LogP contribution < -0.4 is 0 Å². The molecule has 1 N–H and O–H groups in total. The van der Waals surface area contributed by atoms with Gasteiger partial charge in [0.25, 0.3) is 5.91 Å². The van der Waals surface area contributed by atoms with E-state index >= 15 is 0 Å². The fraction of sp³-hybridized carbons (Fsp3) is 0.286. The number of aromatic carboxylic acids is 1. The van der Waals surface area contributed by atoms with Crippen molar-refractivity contribution >= 4 is 11.9 Å². The number of halogens is 1. The Morgan fingerprint density at radius 1 is 1.47 bits per heavy atom. The van der Waals surface area contributed by atoms with Crippen molar-refractivity contribution in [3.05, 3.63) is 47.8 Å². The number of carbonyl (C=O) groups is 2. The minimum absolute atomic E-state index is 0.0984. The van der Waals surface area contributed by atoms with Crippen LogP contribution in [0.3, 0.4) is 0 Å². The van der Waals surface area contributed by atoms with E-state index in [1.165, 1.54) is 12.1 Å². The van der Waals surface area contributed by atoms with Crippen molar-refractivity contribution in [2.75, 3.05) is 6.54 Å². The van der Waals surface area contributed by atoms with Gasteiger partial charge in [-0.3, -0.25) is 4.79 Å². The second kappa shape index (κ2) is 5.22. The predicted octanol–water partition coefficient (Wildman–Crippen LogP) is 2.31. The lowest BCUT2D eigenvalue weighted by Crippen LogP contribution is -2.33. The lowest BCUT2D eigenvalue weighted by Gasteiger charge is -2.21. The zero-order chi connectivity index (χ0) is 14.0. The van der Waals surface area contributed by atoms with Gasteiger partial charge < -0.3 is 10.0 Å². The third-order valence-corrected chi connectivity index (χ3v) is 3.02. The van der Waals surface area contributed by atoms with Gasteiger partial charge in [0.2, 0.25) is 0 Å². The van der Waals surface area contributed by atoms with E-state index in [9.17, 15) is 14.0 Å². The summed E-state index contributed by atoms with van der Waals surface area (Å²) in [7, 11) is 0. The summed E-state index contributed by atoms with van der Waals surface area (Å²) >= 11 is 0. The van der Waals surface area contributed by atoms with Crippen LogP contribution in [0.1, 0.15) is 33.6 Å². The Bertz CT molecular complexity index is 537. The number of hydrogen-bond donors (Lipinski definition) is 1. The average molecular weight is 263 g/mol. The van der Waals surface area contributed by atoms with E-state index in [-0.39, 0.29) is 17.2 Å². The first-order valence-electron chi connectivity index (χ1n) is 5.99. The minimum Gasteiger partial charge on any atom is -0.478 e. The SMILES string of the molecule is C=CCN(C(=O)c1ccc(C(=O)O)cc1F)C1CC1. The molecular weight excluding hydrogens is 249 g/mol. The van der Waals surface area contributed by atoms with E-state index in [1.54, 1.807) is 11.0 Å². The second-order valence-electron chi connectivity index (χ2n) is 4.48. The molecule has 1 fully saturated rings. The summed E-state index contributed by atoms with van der Waals surface area (Å²) in [5, 5.41) is 8.76. The van der Waals surface area contributed by atoms with Crippen molar-refractivity contribution in [2.45, 2.75) is 18.9 Å². The van der Waals surface area contributed by atoms with Crippen molar-refractivity contribution in [3.8, 4) is 0 Å². The van der Waals surface area contributed by atoms with Crippen molar-refractivity contribution < 1.29 is 19.1 Å². The van der Waals surface area contributed by atoms with Gasteiger partial charge in [0, 0.05) is 12.6 Å². The molecule has 100 valence electrons. The van der Waals surface area contributed by atoms with Crippen molar-refractivity contribution in [2.24, 2.45) is 0 Å². The Morgan fingerprint density at radius 3 is 2.63 bits per heavy atom. The molecule has 4 nitrogen and oxygen atoms in total. The van der Waals surface area contributed by atoms with Crippen LogP contribution in [0.25, 0.3) is 0 Å². The second-order valence-corrected chi connectivity index (χ2v) is 4.48. The third kappa shape index (κ3) is 2.81. The third-order valence-electron chi connectivity index (χ3n) is 3.02. The van der Waals surface area contributed by atoms with Crippen LogP contribution in [0.4, 0.5) is 4.39 Å². The van der Waals surface area contributed by atoms with Crippen LogP contribution in [0, 0.1) is 5.82 Å². The molecule has 1 aliphatic carbocycles. The fourth-order valence-electron chi connectivity index (χ4n) is 1.90. The predicted molar refractivity (Wildman–Crippen MR) is 67.6 cm³/mol. The molecule has 0 bridgehead atoms. The van der Waals surface area contributed by atoms with Crippen molar-refractivity contribution in [1.82, 2.24) is 4.90 Å². The molecule has 0 atom stereocenters. The average Bonchev–Trinajstić information content (AvgIpc) is 3.19. The maximum atomic E-state index is 13.8. The van der Waals surface area contributed by atoms with E-state index in [0.29, 0.717) is 6.54 Å². The fourth-order valence-corrected chi connectivity index (χ4v) is 1.90. The number of hydrogen-bond acceptors (Lipinski definition) is 2. The molecule has 1 amide bonds. The summed E-state index contributed by atoms with van der Waals surface area (Å²) in [4.78, 5) is 24.5. The molecule has 1 aliphatic rings. The van der Waals surface area contributed by atoms with Gasteiger partial charge in [-0.15, -0.1) is 6.58 Å². The maximum Gasteiger partial charge on any atom is 0.335 e. The first-order valence-corrected chi connectivity index (χ1v) is 5.99. The Labute approximate surface area is 110 Å². The van der Waals surface area contributed by atoms with Crippen molar-refractivity contribution in [1.29, 1.82) is 0 Å². The smallest absolute Gasteiger partial charge is 0.335 e. The van der Waals surface area contributed by atoms with E-state index in [1.807, 2.05) is 0 Å². The standard InChI is InChI=1S/C14H14FNO3/c1-2-7-16(10-4-5-10)13(17)11-6-3-9(14(18)19)8-12(11)15/h2-3,6,8,10H,1,4-5,7H2,(H,18,19). The topological polar surface area (TPSA) is 57.6 Å². The highest BCUT2D eigenvalue weighted by molar-refractivity contribution is 5.96. The first-order chi connectivity index (χ1) is 9.04. The lowest BCUT2D eigenvalue weighted by atomic mass is 10.1. The van der Waals surface area contributed by atoms with Gasteiger partial charge in [-0.05, 0) is 31.0 Å². The first kappa shape index (κ1) is 13.3. The monoisotopic (exact) mass is 263 g/mol. The van der Waals surface area contributed by atoms with Gasteiger partial charge >= 0.3 is 5.97 Å². The molecule has 0 aliphatic heterocycles. The summed E-state index contributed by atoms with van der Waals surface area (Å²) in [6.07, 6.45) is 3.42. The van der Waals surface area contributed by atoms with Crippen LogP contribution in [-0.4, -0.2) is 34.5 Å². The van der Waals surface area contributed by atoms with E-state index in [4.69, 9.17) is 5.11 Å². The normalized spacial score (nSPS) is 13.9. The van der Waals surface area contributed by atoms with Gasteiger partial charge in [-0.2, -0.15) is 0 Å². The molecule has 5 heteroatoms. The zero-order valence-corrected chi connectivity index (χ0v) is 10.3. The van der Waals surface area contributed by atoms with Gasteiger partial charge in [0.1, 0.15) is 5.82 Å². The van der Waals surface area contributed by atoms with Crippen LogP contribution in [0.15, 0.2) is 30.9 Å². The molecule has 0 unspecified atom stereocenters. The molecule has 19 heavy (non-hydrogen) atoms. The highest BCUT2D eigenvalue weighted by atomic mass is 19.1. The highest BCUT2D eigenvalue weighted by Crippen LogP contribution is 2.28. The van der Waals surface area contributed by atoms with Crippen molar-refractivity contribution in [3.63, 3.8) is 0 Å². The van der Waals surface area contributed by atoms with Gasteiger partial charge in [-0.1, -0.05) is 6.08 Å². The zero-order valence-electron chi connectivity index (χ0n) is 10.3. The Kier molecular flexibility index (Phi) is 3.64. The van der Waals surface area contributed by atoms with Crippen LogP contribution in [-0.2, 0) is 0 Å². The van der Waals surface area contributed by atoms with Gasteiger partial charge in [-0.25, -0.2) is 9.18 Å². The van der Waals surface area contributed by atoms with E-state index < -0.39 is 17.7 Å². The summed E-state index contributed by atoms with van der Waals surface area (Å²) in [6, 6.07) is 3.47. The molecule has 0 saturated heterocycles. The highest BCUT2D eigenvalue weighted by Gasteiger charge is 2.33. The number of amides is 1. The largest absolute Gasteiger partial charge is 0.478 e. The number of benzene rings is 1. The molecule has 2 rings (SSSR count). The minimum atomic E-state index is -1.22. The Morgan fingerprint density at radius 2 is 2.16 bits per heavy atom. The maximum absolute atomic E-state index is 13.8. The molecule has 1 saturated carbocycles. The number of rotatable bonds is 5. The number of nitrogens with zero attached hydrogens (tertiary/aromatic N) is 1. The summed E-state index contributed by atoms with van der Waals surface area (Å²) in [5.41, 5.74) is -0.269. The number of carbonyl (C=O) groups excluding carboxylic acids is 1. The van der Waals surface area contributed by atoms with Gasteiger partial charge in [0.15, 0.2) is 0 Å². The molecule has 1 aromatic carbocycles. The Hall–Kier alpha value is -2.17. The molecule has 0 spiro atoms.